The molecule has 0 aromatic carbocycles. The van der Waals surface area contributed by atoms with E-state index in [9.17, 15) is 14.4 Å². The number of carbonyl (C=O) groups excluding carboxylic acids is 3. The van der Waals surface area contributed by atoms with Crippen LogP contribution < -0.4 is 0 Å². The molecule has 470 valence electrons. The number of esters is 3. The van der Waals surface area contributed by atoms with Gasteiger partial charge in [-0.05, 0) is 109 Å². The summed E-state index contributed by atoms with van der Waals surface area (Å²) in [5.74, 6) is -0.884. The first-order valence-electron chi connectivity index (χ1n) is 35.4. The molecule has 1 atom stereocenters. The van der Waals surface area contributed by atoms with E-state index in [0.29, 0.717) is 19.3 Å². The predicted octanol–water partition coefficient (Wildman–Crippen LogP) is 24.4. The summed E-state index contributed by atoms with van der Waals surface area (Å²) in [6, 6.07) is 0. The summed E-state index contributed by atoms with van der Waals surface area (Å²) >= 11 is 0. The minimum absolute atomic E-state index is 0.0799. The Bertz CT molecular complexity index is 1490. The van der Waals surface area contributed by atoms with Crippen LogP contribution >= 0.6 is 0 Å². The third kappa shape index (κ3) is 67.5. The van der Waals surface area contributed by atoms with Crippen molar-refractivity contribution in [2.24, 2.45) is 0 Å². The van der Waals surface area contributed by atoms with Gasteiger partial charge < -0.3 is 14.2 Å². The highest BCUT2D eigenvalue weighted by Gasteiger charge is 2.19. The number of allylic oxidation sites excluding steroid dienone is 12. The number of carbonyl (C=O) groups is 3. The van der Waals surface area contributed by atoms with Gasteiger partial charge in [-0.2, -0.15) is 0 Å². The number of ether oxygens (including phenoxy) is 3. The maximum absolute atomic E-state index is 12.9. The van der Waals surface area contributed by atoms with Crippen LogP contribution in [0.4, 0.5) is 0 Å². The average Bonchev–Trinajstić information content (AvgIpc) is 3.47. The quantitative estimate of drug-likeness (QED) is 0.0261. The second-order valence-electron chi connectivity index (χ2n) is 23.8. The Labute approximate surface area is 503 Å². The molecule has 0 aromatic heterocycles. The molecule has 0 aromatic rings. The summed E-state index contributed by atoms with van der Waals surface area (Å²) < 4.78 is 16.9. The van der Waals surface area contributed by atoms with Gasteiger partial charge in [0.1, 0.15) is 13.2 Å². The maximum Gasteiger partial charge on any atom is 0.306 e. The van der Waals surface area contributed by atoms with E-state index in [4.69, 9.17) is 14.2 Å². The van der Waals surface area contributed by atoms with Gasteiger partial charge in [-0.3, -0.25) is 14.4 Å². The number of hydrogen-bond acceptors (Lipinski definition) is 6. The van der Waals surface area contributed by atoms with Crippen LogP contribution in [-0.2, 0) is 28.6 Å². The molecular formula is C75H134O6. The third-order valence-electron chi connectivity index (χ3n) is 15.7. The van der Waals surface area contributed by atoms with Crippen LogP contribution in [0.25, 0.3) is 0 Å². The van der Waals surface area contributed by atoms with Crippen molar-refractivity contribution < 1.29 is 28.6 Å². The Morgan fingerprint density at radius 1 is 0.247 bits per heavy atom. The molecule has 0 fully saturated rings. The van der Waals surface area contributed by atoms with E-state index in [-0.39, 0.29) is 31.1 Å². The van der Waals surface area contributed by atoms with Crippen molar-refractivity contribution in [1.82, 2.24) is 0 Å². The van der Waals surface area contributed by atoms with Crippen LogP contribution in [0.5, 0.6) is 0 Å². The molecule has 0 amide bonds. The van der Waals surface area contributed by atoms with Crippen LogP contribution in [0.1, 0.15) is 367 Å². The maximum atomic E-state index is 12.9. The fourth-order valence-corrected chi connectivity index (χ4v) is 10.3. The van der Waals surface area contributed by atoms with Crippen LogP contribution in [0.15, 0.2) is 72.9 Å². The zero-order chi connectivity index (χ0) is 58.5. The monoisotopic (exact) mass is 1130 g/mol. The van der Waals surface area contributed by atoms with E-state index in [1.807, 2.05) is 0 Å². The van der Waals surface area contributed by atoms with Gasteiger partial charge in [0.15, 0.2) is 6.10 Å². The summed E-state index contributed by atoms with van der Waals surface area (Å²) in [5, 5.41) is 0. The lowest BCUT2D eigenvalue weighted by Gasteiger charge is -2.18. The first-order chi connectivity index (χ1) is 40.0. The minimum Gasteiger partial charge on any atom is -0.462 e. The molecule has 6 nitrogen and oxygen atoms in total. The summed E-state index contributed by atoms with van der Waals surface area (Å²) in [6.45, 7) is 6.61. The van der Waals surface area contributed by atoms with E-state index < -0.39 is 6.10 Å². The van der Waals surface area contributed by atoms with Crippen molar-refractivity contribution in [3.05, 3.63) is 72.9 Å². The molecule has 0 rings (SSSR count). The molecular weight excluding hydrogens is 997 g/mol. The fraction of sp³-hybridized carbons (Fsp3) is 0.800. The van der Waals surface area contributed by atoms with Gasteiger partial charge in [0.25, 0.3) is 0 Å². The molecule has 0 saturated heterocycles. The molecule has 0 radical (unpaired) electrons. The van der Waals surface area contributed by atoms with Gasteiger partial charge in [0.05, 0.1) is 0 Å². The molecule has 0 aliphatic carbocycles. The van der Waals surface area contributed by atoms with E-state index in [0.717, 1.165) is 103 Å². The SMILES string of the molecule is CCCC/C=C\C/C=C\CCCCCCCC(=O)OCC(COC(=O)CCCCCCCCCCCCCCCCCCCC/C=C\C/C=C\C/C=C\CCCCCCC)OC(=O)CCCCCCC/C=C\CCCCCCCCC. The fourth-order valence-electron chi connectivity index (χ4n) is 10.3. The number of unbranched alkanes of at least 4 members (excludes halogenated alkanes) is 42. The molecule has 0 N–H and O–H groups in total. The first-order valence-corrected chi connectivity index (χ1v) is 35.4. The second kappa shape index (κ2) is 69.3. The molecule has 6 heteroatoms. The molecule has 0 heterocycles. The Morgan fingerprint density at radius 3 is 0.741 bits per heavy atom. The Kier molecular flexibility index (Phi) is 66.6. The van der Waals surface area contributed by atoms with Crippen LogP contribution in [-0.4, -0.2) is 37.2 Å². The zero-order valence-corrected chi connectivity index (χ0v) is 54.1. The highest BCUT2D eigenvalue weighted by molar-refractivity contribution is 5.71. The van der Waals surface area contributed by atoms with Crippen molar-refractivity contribution in [2.75, 3.05) is 13.2 Å². The normalized spacial score (nSPS) is 12.5. The summed E-state index contributed by atoms with van der Waals surface area (Å²) in [7, 11) is 0. The van der Waals surface area contributed by atoms with Gasteiger partial charge in [-0.15, -0.1) is 0 Å². The highest BCUT2D eigenvalue weighted by atomic mass is 16.6. The van der Waals surface area contributed by atoms with Gasteiger partial charge in [-0.1, -0.05) is 312 Å². The molecule has 0 aliphatic rings. The topological polar surface area (TPSA) is 78.9 Å². The van der Waals surface area contributed by atoms with Crippen molar-refractivity contribution in [2.45, 2.75) is 374 Å². The molecule has 1 unspecified atom stereocenters. The van der Waals surface area contributed by atoms with Gasteiger partial charge in [0.2, 0.25) is 0 Å². The van der Waals surface area contributed by atoms with Gasteiger partial charge in [0, 0.05) is 19.3 Å². The van der Waals surface area contributed by atoms with Crippen molar-refractivity contribution in [3.63, 3.8) is 0 Å². The highest BCUT2D eigenvalue weighted by Crippen LogP contribution is 2.17. The van der Waals surface area contributed by atoms with E-state index in [1.165, 1.54) is 225 Å². The second-order valence-corrected chi connectivity index (χ2v) is 23.8. The van der Waals surface area contributed by atoms with Crippen molar-refractivity contribution in [1.29, 1.82) is 0 Å². The van der Waals surface area contributed by atoms with E-state index in [2.05, 4.69) is 93.7 Å². The van der Waals surface area contributed by atoms with E-state index in [1.54, 1.807) is 0 Å². The van der Waals surface area contributed by atoms with Gasteiger partial charge in [-0.25, -0.2) is 0 Å². The standard InChI is InChI=1S/C75H134O6/c1-4-7-10-13-16-19-22-25-28-30-31-32-33-34-35-36-37-38-39-40-41-42-43-44-45-46-48-50-53-56-59-62-65-68-74(77)80-71-72(70-79-73(76)67-64-61-58-55-52-49-27-24-21-18-15-12-9-6-3)81-75(78)69-66-63-60-57-54-51-47-29-26-23-20-17-14-11-8-5-2/h15,18,22,24-25,27,29-31,33-34,47,72H,4-14,16-17,19-21,23,26,28,32,35-46,48-71H2,1-3H3/b18-15-,25-22-,27-24-,31-30-,34-33-,47-29-. The van der Waals surface area contributed by atoms with Crippen LogP contribution in [0, 0.1) is 0 Å². The molecule has 0 bridgehead atoms. The lowest BCUT2D eigenvalue weighted by atomic mass is 10.0. The first kappa shape index (κ1) is 77.9. The third-order valence-corrected chi connectivity index (χ3v) is 15.7. The number of hydrogen-bond donors (Lipinski definition) is 0. The summed E-state index contributed by atoms with van der Waals surface area (Å²) in [4.78, 5) is 38.4. The summed E-state index contributed by atoms with van der Waals surface area (Å²) in [6.07, 6.45) is 90.8. The summed E-state index contributed by atoms with van der Waals surface area (Å²) in [5.41, 5.74) is 0. The van der Waals surface area contributed by atoms with Gasteiger partial charge >= 0.3 is 17.9 Å². The van der Waals surface area contributed by atoms with Crippen LogP contribution in [0.2, 0.25) is 0 Å². The number of rotatable bonds is 65. The van der Waals surface area contributed by atoms with E-state index >= 15 is 0 Å². The smallest absolute Gasteiger partial charge is 0.306 e. The molecule has 0 spiro atoms. The Hall–Kier alpha value is -3.15. The lowest BCUT2D eigenvalue weighted by Crippen LogP contribution is -2.30. The van der Waals surface area contributed by atoms with Crippen molar-refractivity contribution in [3.8, 4) is 0 Å². The van der Waals surface area contributed by atoms with Crippen LogP contribution in [0.3, 0.4) is 0 Å². The molecule has 0 aliphatic heterocycles. The largest absolute Gasteiger partial charge is 0.462 e. The Balaban J connectivity index is 4.16. The molecule has 81 heavy (non-hydrogen) atoms. The van der Waals surface area contributed by atoms with Crippen molar-refractivity contribution >= 4 is 17.9 Å². The lowest BCUT2D eigenvalue weighted by molar-refractivity contribution is -0.167. The molecule has 0 saturated carbocycles. The predicted molar refractivity (Wildman–Crippen MR) is 353 cm³/mol. The zero-order valence-electron chi connectivity index (χ0n) is 54.1. The average molecular weight is 1130 g/mol. The Morgan fingerprint density at radius 2 is 0.457 bits per heavy atom. The minimum atomic E-state index is -0.785.